The summed E-state index contributed by atoms with van der Waals surface area (Å²) in [5.41, 5.74) is 0.776. The molecule has 3 aromatic rings. The summed E-state index contributed by atoms with van der Waals surface area (Å²) in [6, 6.07) is 14.4. The molecule has 1 heterocycles. The molecule has 0 aliphatic carbocycles. The number of Topliss-reactive ketones (excluding diaryl/α,β-unsaturated/α-hetero) is 1. The van der Waals surface area contributed by atoms with Crippen molar-refractivity contribution in [1.29, 1.82) is 5.26 Å². The van der Waals surface area contributed by atoms with E-state index in [1.807, 2.05) is 31.2 Å². The van der Waals surface area contributed by atoms with Gasteiger partial charge in [-0.15, -0.1) is 11.3 Å². The topological polar surface area (TPSA) is 62.9 Å². The molecule has 0 saturated carbocycles. The Morgan fingerprint density at radius 2 is 1.71 bits per heavy atom. The van der Waals surface area contributed by atoms with Crippen LogP contribution in [0.2, 0.25) is 10.0 Å². The molecule has 2 aromatic carbocycles. The van der Waals surface area contributed by atoms with Gasteiger partial charge in [0.05, 0.1) is 10.2 Å². The predicted molar refractivity (Wildman–Crippen MR) is 127 cm³/mol. The Bertz CT molecular complexity index is 1380. The minimum atomic E-state index is -0.780. The van der Waals surface area contributed by atoms with Crippen molar-refractivity contribution in [2.24, 2.45) is 5.41 Å². The summed E-state index contributed by atoms with van der Waals surface area (Å²) >= 11 is 13.7. The Balaban J connectivity index is 2.52. The average molecular weight is 471 g/mol. The van der Waals surface area contributed by atoms with E-state index in [0.29, 0.717) is 25.8 Å². The van der Waals surface area contributed by atoms with E-state index >= 15 is 0 Å². The number of benzene rings is 2. The van der Waals surface area contributed by atoms with Gasteiger partial charge in [0.1, 0.15) is 16.3 Å². The molecule has 0 unspecified atom stereocenters. The first kappa shape index (κ1) is 23.0. The molecule has 158 valence electrons. The number of carbonyl (C=O) groups is 1. The molecule has 31 heavy (non-hydrogen) atoms. The lowest BCUT2D eigenvalue weighted by Crippen LogP contribution is -2.33. The highest BCUT2D eigenvalue weighted by Gasteiger charge is 2.27. The molecule has 0 atom stereocenters. The van der Waals surface area contributed by atoms with Crippen LogP contribution in [-0.2, 0) is 4.79 Å². The summed E-state index contributed by atoms with van der Waals surface area (Å²) in [5, 5.41) is 10.7. The quantitative estimate of drug-likeness (QED) is 0.560. The van der Waals surface area contributed by atoms with Crippen molar-refractivity contribution in [3.63, 3.8) is 0 Å². The van der Waals surface area contributed by atoms with Crippen LogP contribution in [0.25, 0.3) is 17.3 Å². The number of carbonyl (C=O) groups excluding carboxylic acids is 1. The van der Waals surface area contributed by atoms with Gasteiger partial charge in [0.15, 0.2) is 5.78 Å². The molecule has 0 saturated heterocycles. The van der Waals surface area contributed by atoms with Gasteiger partial charge in [0.25, 0.3) is 5.56 Å². The zero-order valence-electron chi connectivity index (χ0n) is 17.5. The van der Waals surface area contributed by atoms with Crippen LogP contribution in [0.3, 0.4) is 0 Å². The smallest absolute Gasteiger partial charge is 0.273 e. The fraction of sp³-hybridized carbons (Fsp3) is 0.208. The highest BCUT2D eigenvalue weighted by atomic mass is 35.5. The summed E-state index contributed by atoms with van der Waals surface area (Å²) in [4.78, 5) is 26.5. The highest BCUT2D eigenvalue weighted by molar-refractivity contribution is 7.07. The van der Waals surface area contributed by atoms with Gasteiger partial charge >= 0.3 is 0 Å². The number of nitriles is 1. The van der Waals surface area contributed by atoms with Crippen LogP contribution < -0.4 is 14.8 Å². The van der Waals surface area contributed by atoms with E-state index < -0.39 is 5.41 Å². The monoisotopic (exact) mass is 470 g/mol. The van der Waals surface area contributed by atoms with E-state index in [0.717, 1.165) is 16.9 Å². The van der Waals surface area contributed by atoms with Crippen LogP contribution in [0.15, 0.2) is 47.3 Å². The van der Waals surface area contributed by atoms with Crippen molar-refractivity contribution >= 4 is 52.0 Å². The maximum Gasteiger partial charge on any atom is 0.273 e. The van der Waals surface area contributed by atoms with Crippen molar-refractivity contribution in [2.45, 2.75) is 27.7 Å². The van der Waals surface area contributed by atoms with Crippen LogP contribution in [-0.4, -0.2) is 10.4 Å². The lowest BCUT2D eigenvalue weighted by molar-refractivity contribution is -0.120. The van der Waals surface area contributed by atoms with Crippen molar-refractivity contribution < 1.29 is 4.79 Å². The largest absolute Gasteiger partial charge is 0.293 e. The van der Waals surface area contributed by atoms with Crippen LogP contribution in [0.1, 0.15) is 31.9 Å². The number of aromatic nitrogens is 1. The van der Waals surface area contributed by atoms with E-state index in [2.05, 4.69) is 0 Å². The Hall–Kier alpha value is -2.65. The number of hydrogen-bond acceptors (Lipinski definition) is 4. The second-order valence-corrected chi connectivity index (χ2v) is 9.89. The minimum Gasteiger partial charge on any atom is -0.293 e. The Labute approximate surface area is 194 Å². The third-order valence-corrected chi connectivity index (χ3v) is 6.44. The van der Waals surface area contributed by atoms with Gasteiger partial charge in [-0.3, -0.25) is 14.2 Å². The molecule has 4 nitrogen and oxygen atoms in total. The maximum absolute atomic E-state index is 13.5. The Morgan fingerprint density at radius 3 is 2.26 bits per heavy atom. The summed E-state index contributed by atoms with van der Waals surface area (Å²) in [6.07, 6.45) is 1.60. The van der Waals surface area contributed by atoms with E-state index in [-0.39, 0.29) is 21.6 Å². The van der Waals surface area contributed by atoms with Gasteiger partial charge in [-0.1, -0.05) is 68.2 Å². The molecule has 0 N–H and O–H groups in total. The zero-order valence-corrected chi connectivity index (χ0v) is 19.8. The Morgan fingerprint density at radius 1 is 1.10 bits per heavy atom. The Kier molecular flexibility index (Phi) is 6.56. The number of rotatable bonds is 3. The molecule has 0 aliphatic rings. The molecule has 7 heteroatoms. The van der Waals surface area contributed by atoms with Gasteiger partial charge < -0.3 is 0 Å². The fourth-order valence-corrected chi connectivity index (χ4v) is 4.62. The van der Waals surface area contributed by atoms with Gasteiger partial charge in [-0.05, 0) is 36.8 Å². The molecule has 0 bridgehead atoms. The SMILES string of the molecule is Cc1ccccc1-n1c(=O)/c(=C\c2c(Cl)cccc2Cl)s/c1=C(/C#N)C(=O)C(C)(C)C. The average Bonchev–Trinajstić information content (AvgIpc) is 3.01. The van der Waals surface area contributed by atoms with Crippen LogP contribution in [0.4, 0.5) is 0 Å². The van der Waals surface area contributed by atoms with Crippen molar-refractivity contribution in [3.8, 4) is 11.8 Å². The number of aryl methyl sites for hydroxylation is 1. The van der Waals surface area contributed by atoms with Crippen LogP contribution in [0, 0.1) is 23.7 Å². The lowest BCUT2D eigenvalue weighted by Gasteiger charge is -2.15. The number of thiazole rings is 1. The molecule has 0 radical (unpaired) electrons. The van der Waals surface area contributed by atoms with Gasteiger partial charge in [-0.25, -0.2) is 0 Å². The normalized spacial score (nSPS) is 13.1. The van der Waals surface area contributed by atoms with Gasteiger partial charge in [-0.2, -0.15) is 5.26 Å². The molecule has 0 fully saturated rings. The summed E-state index contributed by atoms with van der Waals surface area (Å²) < 4.78 is 2.04. The van der Waals surface area contributed by atoms with E-state index in [1.165, 1.54) is 4.57 Å². The third kappa shape index (κ3) is 4.52. The summed E-state index contributed by atoms with van der Waals surface area (Å²) in [5.74, 6) is -0.332. The molecular weight excluding hydrogens is 451 g/mol. The molecule has 0 spiro atoms. The van der Waals surface area contributed by atoms with E-state index in [9.17, 15) is 14.9 Å². The third-order valence-electron chi connectivity index (χ3n) is 4.69. The predicted octanol–water partition coefficient (Wildman–Crippen LogP) is 4.63. The van der Waals surface area contributed by atoms with Crippen LogP contribution >= 0.6 is 34.5 Å². The number of halogens is 2. The van der Waals surface area contributed by atoms with Gasteiger partial charge in [0.2, 0.25) is 0 Å². The maximum atomic E-state index is 13.5. The van der Waals surface area contributed by atoms with Crippen molar-refractivity contribution in [1.82, 2.24) is 4.57 Å². The molecular formula is C24H20Cl2N2O2S. The minimum absolute atomic E-state index is 0.0530. The standard InChI is InChI=1S/C24H20Cl2N2O2S/c1-14-8-5-6-11-19(14)28-22(30)20(12-15-17(25)9-7-10-18(15)26)31-23(28)16(13-27)21(29)24(2,3)4/h5-12H,1-4H3/b20-12+,23-16-. The first-order valence-electron chi connectivity index (χ1n) is 9.49. The van der Waals surface area contributed by atoms with Crippen LogP contribution in [0.5, 0.6) is 0 Å². The number of para-hydroxylation sites is 1. The lowest BCUT2D eigenvalue weighted by atomic mass is 9.87. The van der Waals surface area contributed by atoms with Crippen molar-refractivity contribution in [3.05, 3.63) is 83.2 Å². The first-order valence-corrected chi connectivity index (χ1v) is 11.1. The molecule has 1 aromatic heterocycles. The number of hydrogen-bond donors (Lipinski definition) is 0. The second kappa shape index (κ2) is 8.84. The molecule has 0 amide bonds. The number of nitrogens with zero attached hydrogens (tertiary/aromatic N) is 2. The summed E-state index contributed by atoms with van der Waals surface area (Å²) in [6.45, 7) is 7.10. The first-order chi connectivity index (χ1) is 14.6. The molecule has 0 aliphatic heterocycles. The molecule has 3 rings (SSSR count). The zero-order chi connectivity index (χ0) is 22.9. The highest BCUT2D eigenvalue weighted by Crippen LogP contribution is 2.25. The van der Waals surface area contributed by atoms with E-state index in [4.69, 9.17) is 23.2 Å². The fourth-order valence-electron chi connectivity index (χ4n) is 3.03. The van der Waals surface area contributed by atoms with Gasteiger partial charge in [0, 0.05) is 21.0 Å². The van der Waals surface area contributed by atoms with Crippen molar-refractivity contribution in [2.75, 3.05) is 0 Å². The van der Waals surface area contributed by atoms with E-state index in [1.54, 1.807) is 51.1 Å². The second-order valence-electron chi connectivity index (χ2n) is 8.04. The summed E-state index contributed by atoms with van der Waals surface area (Å²) in [7, 11) is 0. The number of ketones is 1.